The molecule has 6 heteroatoms. The van der Waals surface area contributed by atoms with Gasteiger partial charge in [-0.3, -0.25) is 4.98 Å². The lowest BCUT2D eigenvalue weighted by Gasteiger charge is -2.14. The highest BCUT2D eigenvalue weighted by Crippen LogP contribution is 2.23. The number of nitrogens with zero attached hydrogens (tertiary/aromatic N) is 2. The lowest BCUT2D eigenvalue weighted by Crippen LogP contribution is -2.33. The lowest BCUT2D eigenvalue weighted by molar-refractivity contribution is 0.166. The van der Waals surface area contributed by atoms with Crippen LogP contribution in [0.3, 0.4) is 0 Å². The van der Waals surface area contributed by atoms with Crippen LogP contribution in [-0.4, -0.2) is 37.3 Å². The predicted octanol–water partition coefficient (Wildman–Crippen LogP) is 2.45. The van der Waals surface area contributed by atoms with Crippen molar-refractivity contribution in [1.82, 2.24) is 10.3 Å². The third kappa shape index (κ3) is 6.25. The van der Waals surface area contributed by atoms with E-state index in [1.165, 1.54) is 5.56 Å². The topological polar surface area (TPSA) is 81.8 Å². The van der Waals surface area contributed by atoms with Crippen LogP contribution in [0.1, 0.15) is 23.2 Å². The fraction of sp³-hybridized carbons (Fsp3) is 0.429. The number of nitrogens with two attached hydrogens (primary N) is 1. The molecule has 144 valence electrons. The van der Waals surface area contributed by atoms with E-state index in [1.807, 2.05) is 18.2 Å². The Morgan fingerprint density at radius 3 is 3.07 bits per heavy atom. The minimum absolute atomic E-state index is 0.432. The molecule has 3 rings (SSSR count). The summed E-state index contributed by atoms with van der Waals surface area (Å²) in [5.74, 6) is 1.79. The summed E-state index contributed by atoms with van der Waals surface area (Å²) in [5.41, 5.74) is 9.24. The van der Waals surface area contributed by atoms with Gasteiger partial charge in [-0.25, -0.2) is 4.99 Å². The summed E-state index contributed by atoms with van der Waals surface area (Å²) >= 11 is 0. The lowest BCUT2D eigenvalue weighted by atomic mass is 10.1. The number of aryl methyl sites for hydroxylation is 1. The maximum Gasteiger partial charge on any atom is 0.188 e. The molecule has 1 atom stereocenters. The van der Waals surface area contributed by atoms with Crippen molar-refractivity contribution in [3.63, 3.8) is 0 Å². The average molecular weight is 368 g/mol. The standard InChI is InChI=1S/C21H28N4O2/c1-16-5-6-18(20(12-16)27-15-17-8-11-26-14-17)13-25-21(22)24-10-7-19-4-2-3-9-23-19/h2-6,9,12,17H,7-8,10-11,13-15H2,1H3,(H3,22,24,25). The van der Waals surface area contributed by atoms with Gasteiger partial charge in [0.1, 0.15) is 5.75 Å². The van der Waals surface area contributed by atoms with Crippen molar-refractivity contribution in [2.45, 2.75) is 26.3 Å². The SMILES string of the molecule is Cc1ccc(CN=C(N)NCCc2ccccn2)c(OCC2CCOC2)c1. The largest absolute Gasteiger partial charge is 0.493 e. The summed E-state index contributed by atoms with van der Waals surface area (Å²) in [6.07, 6.45) is 3.66. The predicted molar refractivity (Wildman–Crippen MR) is 107 cm³/mol. The first-order chi connectivity index (χ1) is 13.2. The molecule has 1 unspecified atom stereocenters. The van der Waals surface area contributed by atoms with Crippen LogP contribution in [0.15, 0.2) is 47.6 Å². The molecule has 2 aromatic rings. The van der Waals surface area contributed by atoms with Crippen molar-refractivity contribution < 1.29 is 9.47 Å². The van der Waals surface area contributed by atoms with Gasteiger partial charge < -0.3 is 20.5 Å². The smallest absolute Gasteiger partial charge is 0.188 e. The molecule has 0 bridgehead atoms. The molecule has 1 aromatic carbocycles. The monoisotopic (exact) mass is 368 g/mol. The van der Waals surface area contributed by atoms with Gasteiger partial charge in [0.25, 0.3) is 0 Å². The highest BCUT2D eigenvalue weighted by atomic mass is 16.5. The molecule has 1 aliphatic rings. The fourth-order valence-corrected chi connectivity index (χ4v) is 2.94. The van der Waals surface area contributed by atoms with Gasteiger partial charge >= 0.3 is 0 Å². The zero-order valence-electron chi connectivity index (χ0n) is 15.9. The Morgan fingerprint density at radius 1 is 1.37 bits per heavy atom. The Kier molecular flexibility index (Phi) is 7.04. The van der Waals surface area contributed by atoms with E-state index in [0.717, 1.165) is 43.1 Å². The molecule has 1 aliphatic heterocycles. The summed E-state index contributed by atoms with van der Waals surface area (Å²) in [4.78, 5) is 8.75. The van der Waals surface area contributed by atoms with Gasteiger partial charge in [0, 0.05) is 42.9 Å². The number of aliphatic imine (C=N–C) groups is 1. The molecular formula is C21H28N4O2. The van der Waals surface area contributed by atoms with Gasteiger partial charge in [0.15, 0.2) is 5.96 Å². The van der Waals surface area contributed by atoms with Gasteiger partial charge in [0.2, 0.25) is 0 Å². The Morgan fingerprint density at radius 2 is 2.30 bits per heavy atom. The van der Waals surface area contributed by atoms with E-state index < -0.39 is 0 Å². The first kappa shape index (κ1) is 19.2. The number of aromatic nitrogens is 1. The second kappa shape index (κ2) is 9.92. The first-order valence-corrected chi connectivity index (χ1v) is 9.44. The molecule has 3 N–H and O–H groups in total. The van der Waals surface area contributed by atoms with E-state index in [9.17, 15) is 0 Å². The van der Waals surface area contributed by atoms with Crippen molar-refractivity contribution in [3.05, 3.63) is 59.4 Å². The van der Waals surface area contributed by atoms with Crippen LogP contribution in [0.25, 0.3) is 0 Å². The number of nitrogens with one attached hydrogen (secondary N) is 1. The molecule has 1 fully saturated rings. The van der Waals surface area contributed by atoms with Crippen molar-refractivity contribution in [1.29, 1.82) is 0 Å². The van der Waals surface area contributed by atoms with Crippen molar-refractivity contribution in [3.8, 4) is 5.75 Å². The molecule has 0 saturated carbocycles. The summed E-state index contributed by atoms with van der Waals surface area (Å²) in [5, 5.41) is 3.14. The number of hydrogen-bond donors (Lipinski definition) is 2. The second-order valence-corrected chi connectivity index (χ2v) is 6.85. The molecule has 1 saturated heterocycles. The maximum absolute atomic E-state index is 6.05. The summed E-state index contributed by atoms with van der Waals surface area (Å²) in [6, 6.07) is 12.1. The van der Waals surface area contributed by atoms with Crippen LogP contribution in [0.4, 0.5) is 0 Å². The Hall–Kier alpha value is -2.60. The van der Waals surface area contributed by atoms with Gasteiger partial charge in [-0.1, -0.05) is 18.2 Å². The Balaban J connectivity index is 1.51. The number of pyridine rings is 1. The number of benzene rings is 1. The second-order valence-electron chi connectivity index (χ2n) is 6.85. The van der Waals surface area contributed by atoms with Crippen LogP contribution in [0.2, 0.25) is 0 Å². The average Bonchev–Trinajstić information content (AvgIpc) is 3.20. The number of guanidine groups is 1. The number of hydrogen-bond acceptors (Lipinski definition) is 4. The number of rotatable bonds is 8. The molecule has 0 radical (unpaired) electrons. The van der Waals surface area contributed by atoms with Crippen LogP contribution in [0, 0.1) is 12.8 Å². The van der Waals surface area contributed by atoms with Crippen LogP contribution < -0.4 is 15.8 Å². The third-order valence-corrected chi connectivity index (χ3v) is 4.55. The van der Waals surface area contributed by atoms with Crippen LogP contribution >= 0.6 is 0 Å². The summed E-state index contributed by atoms with van der Waals surface area (Å²) < 4.78 is 11.5. The van der Waals surface area contributed by atoms with Crippen molar-refractivity contribution in [2.75, 3.05) is 26.4 Å². The molecule has 0 aliphatic carbocycles. The number of ether oxygens (including phenoxy) is 2. The van der Waals surface area contributed by atoms with E-state index in [-0.39, 0.29) is 0 Å². The maximum atomic E-state index is 6.05. The zero-order chi connectivity index (χ0) is 18.9. The minimum atomic E-state index is 0.432. The van der Waals surface area contributed by atoms with E-state index >= 15 is 0 Å². The Labute approximate surface area is 160 Å². The summed E-state index contributed by atoms with van der Waals surface area (Å²) in [7, 11) is 0. The third-order valence-electron chi connectivity index (χ3n) is 4.55. The van der Waals surface area contributed by atoms with Gasteiger partial charge in [0.05, 0.1) is 19.8 Å². The first-order valence-electron chi connectivity index (χ1n) is 9.44. The van der Waals surface area contributed by atoms with Crippen LogP contribution in [-0.2, 0) is 17.7 Å². The van der Waals surface area contributed by atoms with Crippen LogP contribution in [0.5, 0.6) is 5.75 Å². The van der Waals surface area contributed by atoms with E-state index in [4.69, 9.17) is 15.2 Å². The van der Waals surface area contributed by atoms with Gasteiger partial charge in [-0.15, -0.1) is 0 Å². The molecule has 2 heterocycles. The zero-order valence-corrected chi connectivity index (χ0v) is 15.9. The van der Waals surface area contributed by atoms with E-state index in [0.29, 0.717) is 31.6 Å². The highest BCUT2D eigenvalue weighted by Gasteiger charge is 2.17. The molecular weight excluding hydrogens is 340 g/mol. The Bertz CT molecular complexity index is 743. The van der Waals surface area contributed by atoms with Crippen molar-refractivity contribution >= 4 is 5.96 Å². The van der Waals surface area contributed by atoms with Gasteiger partial charge in [-0.2, -0.15) is 0 Å². The molecule has 27 heavy (non-hydrogen) atoms. The quantitative estimate of drug-likeness (QED) is 0.552. The molecule has 6 nitrogen and oxygen atoms in total. The van der Waals surface area contributed by atoms with E-state index in [2.05, 4.69) is 40.4 Å². The summed E-state index contributed by atoms with van der Waals surface area (Å²) in [6.45, 7) is 5.54. The fourth-order valence-electron chi connectivity index (χ4n) is 2.94. The van der Waals surface area contributed by atoms with Gasteiger partial charge in [-0.05, 0) is 37.1 Å². The minimum Gasteiger partial charge on any atom is -0.493 e. The molecule has 0 spiro atoms. The highest BCUT2D eigenvalue weighted by molar-refractivity contribution is 5.77. The molecule has 1 aromatic heterocycles. The van der Waals surface area contributed by atoms with Crippen molar-refractivity contribution in [2.24, 2.45) is 16.6 Å². The normalized spacial score (nSPS) is 17.1. The molecule has 0 amide bonds. The van der Waals surface area contributed by atoms with E-state index in [1.54, 1.807) is 6.20 Å².